The highest BCUT2D eigenvalue weighted by molar-refractivity contribution is 5.20. The minimum Gasteiger partial charge on any atom is -0.464 e. The zero-order valence-corrected chi connectivity index (χ0v) is 14.5. The van der Waals surface area contributed by atoms with Gasteiger partial charge < -0.3 is 14.5 Å². The van der Waals surface area contributed by atoms with Crippen LogP contribution in [0.1, 0.15) is 51.7 Å². The van der Waals surface area contributed by atoms with Crippen molar-refractivity contribution in [2.24, 2.45) is 0 Å². The monoisotopic (exact) mass is 296 g/mol. The maximum Gasteiger partial charge on any atom is 0.130 e. The van der Waals surface area contributed by atoms with E-state index in [9.17, 15) is 0 Å². The van der Waals surface area contributed by atoms with Crippen molar-refractivity contribution in [3.63, 3.8) is 0 Å². The minimum atomic E-state index is 0.547. The molecule has 0 unspecified atom stereocenters. The highest BCUT2D eigenvalue weighted by Gasteiger charge is 2.13. The van der Waals surface area contributed by atoms with E-state index in [1.807, 2.05) is 6.92 Å². The summed E-state index contributed by atoms with van der Waals surface area (Å²) in [6, 6.07) is 3.19. The Labute approximate surface area is 129 Å². The smallest absolute Gasteiger partial charge is 0.130 e. The van der Waals surface area contributed by atoms with Crippen molar-refractivity contribution in [1.82, 2.24) is 10.2 Å². The third-order valence-electron chi connectivity index (χ3n) is 3.70. The van der Waals surface area contributed by atoms with Crippen LogP contribution in [0.15, 0.2) is 10.5 Å². The summed E-state index contributed by atoms with van der Waals surface area (Å²) in [7, 11) is 0. The molecule has 4 nitrogen and oxygen atoms in total. The van der Waals surface area contributed by atoms with Crippen LogP contribution in [-0.4, -0.2) is 36.7 Å². The van der Waals surface area contributed by atoms with Crippen LogP contribution >= 0.6 is 0 Å². The van der Waals surface area contributed by atoms with Crippen molar-refractivity contribution in [1.29, 1.82) is 0 Å². The molecule has 1 aromatic heterocycles. The second-order valence-electron chi connectivity index (χ2n) is 6.05. The maximum absolute atomic E-state index is 5.77. The Morgan fingerprint density at radius 3 is 2.48 bits per heavy atom. The summed E-state index contributed by atoms with van der Waals surface area (Å²) in [4.78, 5) is 2.43. The third-order valence-corrected chi connectivity index (χ3v) is 3.70. The second kappa shape index (κ2) is 9.23. The lowest BCUT2D eigenvalue weighted by Crippen LogP contribution is -2.39. The lowest BCUT2D eigenvalue weighted by molar-refractivity contribution is 0.0618. The SMILES string of the molecule is CCNCc1cc(COCCN(C(C)C)C(C)C)oc1C. The fourth-order valence-electron chi connectivity index (χ4n) is 2.55. The van der Waals surface area contributed by atoms with Crippen molar-refractivity contribution in [2.45, 2.75) is 66.8 Å². The van der Waals surface area contributed by atoms with Crippen molar-refractivity contribution in [3.8, 4) is 0 Å². The highest BCUT2D eigenvalue weighted by Crippen LogP contribution is 2.15. The Bertz CT molecular complexity index is 391. The lowest BCUT2D eigenvalue weighted by Gasteiger charge is -2.30. The molecule has 0 fully saturated rings. The van der Waals surface area contributed by atoms with Gasteiger partial charge in [0, 0.05) is 30.7 Å². The maximum atomic E-state index is 5.77. The summed E-state index contributed by atoms with van der Waals surface area (Å²) in [5.41, 5.74) is 1.22. The van der Waals surface area contributed by atoms with E-state index < -0.39 is 0 Å². The molecule has 1 N–H and O–H groups in total. The summed E-state index contributed by atoms with van der Waals surface area (Å²) in [5.74, 6) is 1.90. The predicted molar refractivity (Wildman–Crippen MR) is 87.5 cm³/mol. The quantitative estimate of drug-likeness (QED) is 0.672. The van der Waals surface area contributed by atoms with Gasteiger partial charge in [-0.05, 0) is 47.2 Å². The van der Waals surface area contributed by atoms with Crippen molar-refractivity contribution < 1.29 is 9.15 Å². The van der Waals surface area contributed by atoms with E-state index in [2.05, 4.69) is 50.9 Å². The second-order valence-corrected chi connectivity index (χ2v) is 6.05. The molecule has 1 aromatic rings. The van der Waals surface area contributed by atoms with Crippen LogP contribution in [0.5, 0.6) is 0 Å². The number of hydrogen-bond donors (Lipinski definition) is 1. The summed E-state index contributed by atoms with van der Waals surface area (Å²) >= 11 is 0. The van der Waals surface area contributed by atoms with E-state index in [-0.39, 0.29) is 0 Å². The van der Waals surface area contributed by atoms with Crippen molar-refractivity contribution in [2.75, 3.05) is 19.7 Å². The molecule has 0 aliphatic rings. The lowest BCUT2D eigenvalue weighted by atomic mass is 10.2. The molecule has 0 bridgehead atoms. The zero-order chi connectivity index (χ0) is 15.8. The average Bonchev–Trinajstić information content (AvgIpc) is 2.75. The van der Waals surface area contributed by atoms with E-state index in [1.54, 1.807) is 0 Å². The molecule has 0 aliphatic heterocycles. The van der Waals surface area contributed by atoms with Crippen LogP contribution in [0.2, 0.25) is 0 Å². The molecule has 0 saturated carbocycles. The van der Waals surface area contributed by atoms with Crippen LogP contribution in [0.4, 0.5) is 0 Å². The van der Waals surface area contributed by atoms with E-state index in [4.69, 9.17) is 9.15 Å². The largest absolute Gasteiger partial charge is 0.464 e. The van der Waals surface area contributed by atoms with Gasteiger partial charge in [0.05, 0.1) is 6.61 Å². The molecule has 0 aromatic carbocycles. The Kier molecular flexibility index (Phi) is 8.01. The first-order valence-corrected chi connectivity index (χ1v) is 8.08. The van der Waals surface area contributed by atoms with Gasteiger partial charge in [-0.3, -0.25) is 4.90 Å². The number of aryl methyl sites for hydroxylation is 1. The number of hydrogen-bond acceptors (Lipinski definition) is 4. The molecule has 122 valence electrons. The normalized spacial score (nSPS) is 12.0. The molecule has 0 atom stereocenters. The molecule has 0 radical (unpaired) electrons. The average molecular weight is 296 g/mol. The van der Waals surface area contributed by atoms with Gasteiger partial charge >= 0.3 is 0 Å². The van der Waals surface area contributed by atoms with E-state index >= 15 is 0 Å². The van der Waals surface area contributed by atoms with Crippen LogP contribution in [0.3, 0.4) is 0 Å². The Morgan fingerprint density at radius 1 is 1.24 bits per heavy atom. The minimum absolute atomic E-state index is 0.547. The van der Waals surface area contributed by atoms with Crippen molar-refractivity contribution in [3.05, 3.63) is 23.2 Å². The molecular weight excluding hydrogens is 264 g/mol. The molecule has 4 heteroatoms. The Morgan fingerprint density at radius 2 is 1.90 bits per heavy atom. The van der Waals surface area contributed by atoms with E-state index in [1.165, 1.54) is 5.56 Å². The third kappa shape index (κ3) is 6.20. The topological polar surface area (TPSA) is 37.6 Å². The number of nitrogens with one attached hydrogen (secondary N) is 1. The number of rotatable bonds is 10. The molecule has 0 amide bonds. The van der Waals surface area contributed by atoms with Crippen LogP contribution in [-0.2, 0) is 17.9 Å². The van der Waals surface area contributed by atoms with Gasteiger partial charge in [0.1, 0.15) is 18.1 Å². The van der Waals surface area contributed by atoms with Gasteiger partial charge in [0.25, 0.3) is 0 Å². The summed E-state index contributed by atoms with van der Waals surface area (Å²) in [6.45, 7) is 17.1. The van der Waals surface area contributed by atoms with Gasteiger partial charge in [-0.15, -0.1) is 0 Å². The number of furan rings is 1. The van der Waals surface area contributed by atoms with Crippen LogP contribution in [0.25, 0.3) is 0 Å². The number of ether oxygens (including phenoxy) is 1. The highest BCUT2D eigenvalue weighted by atomic mass is 16.5. The zero-order valence-electron chi connectivity index (χ0n) is 14.5. The Hall–Kier alpha value is -0.840. The van der Waals surface area contributed by atoms with Gasteiger partial charge in [-0.2, -0.15) is 0 Å². The molecule has 1 rings (SSSR count). The first-order valence-electron chi connectivity index (χ1n) is 8.08. The van der Waals surface area contributed by atoms with E-state index in [0.717, 1.165) is 37.8 Å². The van der Waals surface area contributed by atoms with Crippen LogP contribution in [0, 0.1) is 6.92 Å². The first kappa shape index (κ1) is 18.2. The van der Waals surface area contributed by atoms with Gasteiger partial charge in [-0.25, -0.2) is 0 Å². The van der Waals surface area contributed by atoms with E-state index in [0.29, 0.717) is 18.7 Å². The molecule has 1 heterocycles. The van der Waals surface area contributed by atoms with Gasteiger partial charge in [0.2, 0.25) is 0 Å². The summed E-state index contributed by atoms with van der Waals surface area (Å²) < 4.78 is 11.5. The summed E-state index contributed by atoms with van der Waals surface area (Å²) in [5, 5.41) is 3.32. The van der Waals surface area contributed by atoms with Crippen molar-refractivity contribution >= 4 is 0 Å². The molecule has 0 saturated heterocycles. The fourth-order valence-corrected chi connectivity index (χ4v) is 2.55. The van der Waals surface area contributed by atoms with Crippen LogP contribution < -0.4 is 5.32 Å². The summed E-state index contributed by atoms with van der Waals surface area (Å²) in [6.07, 6.45) is 0. The van der Waals surface area contributed by atoms with Gasteiger partial charge in [0.15, 0.2) is 0 Å². The first-order chi connectivity index (χ1) is 9.95. The molecular formula is C17H32N2O2. The predicted octanol–water partition coefficient (Wildman–Crippen LogP) is 3.33. The molecule has 0 aliphatic carbocycles. The molecule has 0 spiro atoms. The molecule has 21 heavy (non-hydrogen) atoms. The Balaban J connectivity index is 2.35. The van der Waals surface area contributed by atoms with Gasteiger partial charge in [-0.1, -0.05) is 6.92 Å². The standard InChI is InChI=1S/C17H32N2O2/c1-7-18-11-16-10-17(21-15(16)6)12-20-9-8-19(13(2)3)14(4)5/h10,13-14,18H,7-9,11-12H2,1-6H3. The fraction of sp³-hybridized carbons (Fsp3) is 0.765. The number of nitrogens with zero attached hydrogens (tertiary/aromatic N) is 1.